The molecule has 1 rings (SSSR count). The number of amides is 1. The van der Waals surface area contributed by atoms with Crippen molar-refractivity contribution in [3.63, 3.8) is 0 Å². The van der Waals surface area contributed by atoms with Crippen molar-refractivity contribution < 1.29 is 4.79 Å². The van der Waals surface area contributed by atoms with Crippen LogP contribution >= 0.6 is 0 Å². The normalized spacial score (nSPS) is 13.7. The molecule has 3 N–H and O–H groups in total. The lowest BCUT2D eigenvalue weighted by molar-refractivity contribution is 0.0928. The average molecular weight is 263 g/mol. The van der Waals surface area contributed by atoms with Gasteiger partial charge in [0.25, 0.3) is 5.91 Å². The molecule has 1 aromatic rings. The molecule has 0 aromatic heterocycles. The van der Waals surface area contributed by atoms with E-state index in [-0.39, 0.29) is 11.9 Å². The predicted octanol–water partition coefficient (Wildman–Crippen LogP) is 2.50. The van der Waals surface area contributed by atoms with Gasteiger partial charge in [-0.25, -0.2) is 0 Å². The van der Waals surface area contributed by atoms with Crippen molar-refractivity contribution in [2.24, 2.45) is 5.92 Å². The monoisotopic (exact) mass is 263 g/mol. The summed E-state index contributed by atoms with van der Waals surface area (Å²) in [6.07, 6.45) is 1.04. The van der Waals surface area contributed by atoms with Crippen LogP contribution < -0.4 is 16.0 Å². The summed E-state index contributed by atoms with van der Waals surface area (Å²) in [4.78, 5) is 14.1. The molecule has 4 nitrogen and oxygen atoms in total. The molecule has 0 saturated carbocycles. The molecular formula is C15H25N3O. The van der Waals surface area contributed by atoms with Crippen LogP contribution in [-0.4, -0.2) is 26.0 Å². The van der Waals surface area contributed by atoms with Crippen molar-refractivity contribution in [2.75, 3.05) is 24.7 Å². The first-order chi connectivity index (χ1) is 8.86. The minimum absolute atomic E-state index is 0.0650. The largest absolute Gasteiger partial charge is 0.397 e. The molecule has 0 saturated heterocycles. The lowest BCUT2D eigenvalue weighted by atomic mass is 10.0. The molecule has 4 heteroatoms. The Morgan fingerprint density at radius 2 is 2.00 bits per heavy atom. The van der Waals surface area contributed by atoms with Crippen LogP contribution in [0.1, 0.15) is 37.6 Å². The summed E-state index contributed by atoms with van der Waals surface area (Å²) in [6.45, 7) is 6.29. The first-order valence-corrected chi connectivity index (χ1v) is 6.74. The molecule has 2 unspecified atom stereocenters. The van der Waals surface area contributed by atoms with Gasteiger partial charge in [0.15, 0.2) is 0 Å². The highest BCUT2D eigenvalue weighted by Crippen LogP contribution is 2.22. The number of anilines is 2. The minimum Gasteiger partial charge on any atom is -0.397 e. The second-order valence-electron chi connectivity index (χ2n) is 5.32. The van der Waals surface area contributed by atoms with Crippen LogP contribution in [0.3, 0.4) is 0 Å². The standard InChI is InChI=1S/C15H25N3O/c1-6-10(2)11(3)17-15(19)12-7-8-14(18(4)5)13(16)9-12/h7-11H,6,16H2,1-5H3,(H,17,19). The van der Waals surface area contributed by atoms with Gasteiger partial charge in [0.1, 0.15) is 0 Å². The molecule has 0 fully saturated rings. The van der Waals surface area contributed by atoms with E-state index in [9.17, 15) is 4.79 Å². The van der Waals surface area contributed by atoms with Gasteiger partial charge in [-0.05, 0) is 31.0 Å². The maximum absolute atomic E-state index is 12.1. The van der Waals surface area contributed by atoms with Crippen molar-refractivity contribution in [3.8, 4) is 0 Å². The molecular weight excluding hydrogens is 238 g/mol. The fourth-order valence-electron chi connectivity index (χ4n) is 1.89. The highest BCUT2D eigenvalue weighted by molar-refractivity contribution is 5.96. The molecule has 0 aliphatic carbocycles. The number of carbonyl (C=O) groups is 1. The van der Waals surface area contributed by atoms with E-state index in [2.05, 4.69) is 19.2 Å². The van der Waals surface area contributed by atoms with Gasteiger partial charge in [-0.2, -0.15) is 0 Å². The van der Waals surface area contributed by atoms with Crippen LogP contribution in [0.2, 0.25) is 0 Å². The summed E-state index contributed by atoms with van der Waals surface area (Å²) in [7, 11) is 3.85. The van der Waals surface area contributed by atoms with Gasteiger partial charge in [0.2, 0.25) is 0 Å². The number of nitrogens with two attached hydrogens (primary N) is 1. The van der Waals surface area contributed by atoms with Crippen molar-refractivity contribution in [3.05, 3.63) is 23.8 Å². The molecule has 0 bridgehead atoms. The molecule has 2 atom stereocenters. The average Bonchev–Trinajstić information content (AvgIpc) is 2.36. The number of hydrogen-bond donors (Lipinski definition) is 2. The molecule has 1 amide bonds. The van der Waals surface area contributed by atoms with Crippen LogP contribution in [0, 0.1) is 5.92 Å². The Bertz CT molecular complexity index is 443. The molecule has 106 valence electrons. The van der Waals surface area contributed by atoms with Crippen LogP contribution in [0.5, 0.6) is 0 Å². The van der Waals surface area contributed by atoms with Gasteiger partial charge in [0, 0.05) is 25.7 Å². The highest BCUT2D eigenvalue weighted by atomic mass is 16.1. The molecule has 19 heavy (non-hydrogen) atoms. The maximum Gasteiger partial charge on any atom is 0.251 e. The zero-order chi connectivity index (χ0) is 14.6. The Kier molecular flexibility index (Phi) is 5.21. The predicted molar refractivity (Wildman–Crippen MR) is 81.6 cm³/mol. The number of benzene rings is 1. The number of nitrogens with zero attached hydrogens (tertiary/aromatic N) is 1. The Balaban J connectivity index is 2.81. The van der Waals surface area contributed by atoms with E-state index in [1.807, 2.05) is 38.1 Å². The lowest BCUT2D eigenvalue weighted by Crippen LogP contribution is -2.36. The van der Waals surface area contributed by atoms with Crippen LogP contribution in [0.25, 0.3) is 0 Å². The third-order valence-electron chi connectivity index (χ3n) is 3.63. The highest BCUT2D eigenvalue weighted by Gasteiger charge is 2.15. The summed E-state index contributed by atoms with van der Waals surface area (Å²) in [5, 5.41) is 3.01. The number of nitrogen functional groups attached to an aromatic ring is 1. The zero-order valence-electron chi connectivity index (χ0n) is 12.5. The fraction of sp³-hybridized carbons (Fsp3) is 0.533. The molecule has 0 aliphatic rings. The molecule has 0 heterocycles. The molecule has 0 spiro atoms. The van der Waals surface area contributed by atoms with Crippen molar-refractivity contribution in [2.45, 2.75) is 33.2 Å². The maximum atomic E-state index is 12.1. The van der Waals surface area contributed by atoms with Crippen molar-refractivity contribution in [1.29, 1.82) is 0 Å². The number of carbonyl (C=O) groups excluding carboxylic acids is 1. The Morgan fingerprint density at radius 3 is 2.47 bits per heavy atom. The molecule has 0 radical (unpaired) electrons. The van der Waals surface area contributed by atoms with E-state index in [1.165, 1.54) is 0 Å². The van der Waals surface area contributed by atoms with E-state index in [0.29, 0.717) is 17.2 Å². The van der Waals surface area contributed by atoms with Gasteiger partial charge in [-0.15, -0.1) is 0 Å². The third-order valence-corrected chi connectivity index (χ3v) is 3.63. The minimum atomic E-state index is -0.0650. The lowest BCUT2D eigenvalue weighted by Gasteiger charge is -2.20. The Labute approximate surface area is 116 Å². The van der Waals surface area contributed by atoms with Crippen molar-refractivity contribution >= 4 is 17.3 Å². The first kappa shape index (κ1) is 15.3. The topological polar surface area (TPSA) is 58.4 Å². The first-order valence-electron chi connectivity index (χ1n) is 6.74. The smallest absolute Gasteiger partial charge is 0.251 e. The fourth-order valence-corrected chi connectivity index (χ4v) is 1.89. The van der Waals surface area contributed by atoms with Gasteiger partial charge in [0.05, 0.1) is 11.4 Å². The van der Waals surface area contributed by atoms with Crippen molar-refractivity contribution in [1.82, 2.24) is 5.32 Å². The van der Waals surface area contributed by atoms with E-state index in [4.69, 9.17) is 5.73 Å². The number of rotatable bonds is 5. The van der Waals surface area contributed by atoms with E-state index >= 15 is 0 Å². The molecule has 0 aliphatic heterocycles. The van der Waals surface area contributed by atoms with E-state index in [0.717, 1.165) is 12.1 Å². The van der Waals surface area contributed by atoms with E-state index < -0.39 is 0 Å². The SMILES string of the molecule is CCC(C)C(C)NC(=O)c1ccc(N(C)C)c(N)c1. The Hall–Kier alpha value is -1.71. The molecule has 1 aromatic carbocycles. The summed E-state index contributed by atoms with van der Waals surface area (Å²) in [6, 6.07) is 5.57. The summed E-state index contributed by atoms with van der Waals surface area (Å²) in [5.74, 6) is 0.396. The van der Waals surface area contributed by atoms with Gasteiger partial charge in [-0.3, -0.25) is 4.79 Å². The number of nitrogens with one attached hydrogen (secondary N) is 1. The Morgan fingerprint density at radius 1 is 1.37 bits per heavy atom. The zero-order valence-corrected chi connectivity index (χ0v) is 12.5. The van der Waals surface area contributed by atoms with Gasteiger partial charge in [-0.1, -0.05) is 20.3 Å². The van der Waals surface area contributed by atoms with Crippen LogP contribution in [0.15, 0.2) is 18.2 Å². The van der Waals surface area contributed by atoms with Gasteiger partial charge < -0.3 is 16.0 Å². The second kappa shape index (κ2) is 6.45. The van der Waals surface area contributed by atoms with E-state index in [1.54, 1.807) is 6.07 Å². The second-order valence-corrected chi connectivity index (χ2v) is 5.32. The summed E-state index contributed by atoms with van der Waals surface area (Å²) < 4.78 is 0. The number of hydrogen-bond acceptors (Lipinski definition) is 3. The van der Waals surface area contributed by atoms with Crippen LogP contribution in [0.4, 0.5) is 11.4 Å². The summed E-state index contributed by atoms with van der Waals surface area (Å²) in [5.41, 5.74) is 8.11. The quantitative estimate of drug-likeness (QED) is 0.802. The van der Waals surface area contributed by atoms with Crippen LogP contribution in [-0.2, 0) is 0 Å². The van der Waals surface area contributed by atoms with Gasteiger partial charge >= 0.3 is 0 Å². The third kappa shape index (κ3) is 3.88. The summed E-state index contributed by atoms with van der Waals surface area (Å²) >= 11 is 0.